The van der Waals surface area contributed by atoms with E-state index < -0.39 is 0 Å². The number of nitrogens with zero attached hydrogens (tertiary/aromatic N) is 2. The molecule has 1 aliphatic rings. The van der Waals surface area contributed by atoms with Gasteiger partial charge in [0.25, 0.3) is 11.8 Å². The van der Waals surface area contributed by atoms with E-state index in [1.54, 1.807) is 38.5 Å². The summed E-state index contributed by atoms with van der Waals surface area (Å²) < 4.78 is 10.6. The molecule has 3 aromatic rings. The molecule has 0 spiro atoms. The van der Waals surface area contributed by atoms with Crippen molar-refractivity contribution < 1.29 is 19.1 Å². The van der Waals surface area contributed by atoms with Gasteiger partial charge in [-0.15, -0.1) is 0 Å². The molecule has 0 radical (unpaired) electrons. The molecule has 1 aromatic heterocycles. The zero-order valence-electron chi connectivity index (χ0n) is 21.1. The second-order valence-electron chi connectivity index (χ2n) is 9.00. The minimum atomic E-state index is -0.121. The minimum absolute atomic E-state index is 0.0163. The number of amides is 2. The first-order valence-corrected chi connectivity index (χ1v) is 12.3. The lowest BCUT2D eigenvalue weighted by Gasteiger charge is -2.32. The number of rotatable bonds is 8. The molecule has 7 heteroatoms. The smallest absolute Gasteiger partial charge is 0.253 e. The summed E-state index contributed by atoms with van der Waals surface area (Å²) in [4.78, 5) is 32.7. The fourth-order valence-corrected chi connectivity index (χ4v) is 4.67. The standard InChI is InChI=1S/C29H33N3O4/c1-20-8-13-25(28(33)30-17-14-21-6-4-5-7-26(21)36-3)27(31-20)22-15-18-32(19-16-22)29(34)23-9-11-24(35-2)12-10-23/h4-13,22H,14-19H2,1-3H3,(H,30,33). The maximum atomic E-state index is 13.1. The first kappa shape index (κ1) is 25.2. The Hall–Kier alpha value is -3.87. The van der Waals surface area contributed by atoms with E-state index in [-0.39, 0.29) is 17.7 Å². The monoisotopic (exact) mass is 487 g/mol. The lowest BCUT2D eigenvalue weighted by molar-refractivity contribution is 0.0710. The van der Waals surface area contributed by atoms with Gasteiger partial charge in [0.05, 0.1) is 25.5 Å². The number of para-hydroxylation sites is 1. The van der Waals surface area contributed by atoms with E-state index in [4.69, 9.17) is 14.5 Å². The number of carbonyl (C=O) groups excluding carboxylic acids is 2. The van der Waals surface area contributed by atoms with Crippen LogP contribution >= 0.6 is 0 Å². The van der Waals surface area contributed by atoms with Crippen molar-refractivity contribution in [3.63, 3.8) is 0 Å². The average Bonchev–Trinajstić information content (AvgIpc) is 2.93. The highest BCUT2D eigenvalue weighted by Gasteiger charge is 2.28. The summed E-state index contributed by atoms with van der Waals surface area (Å²) in [6.45, 7) is 3.69. The molecule has 1 saturated heterocycles. The van der Waals surface area contributed by atoms with Crippen LogP contribution in [-0.2, 0) is 6.42 Å². The normalized spacial score (nSPS) is 13.8. The zero-order chi connectivity index (χ0) is 25.5. The third kappa shape index (κ3) is 5.85. The molecule has 36 heavy (non-hydrogen) atoms. The fraction of sp³-hybridized carbons (Fsp3) is 0.345. The van der Waals surface area contributed by atoms with Gasteiger partial charge in [-0.1, -0.05) is 18.2 Å². The van der Waals surface area contributed by atoms with Crippen LogP contribution in [0, 0.1) is 6.92 Å². The third-order valence-corrected chi connectivity index (χ3v) is 6.69. The Morgan fingerprint density at radius 1 is 0.972 bits per heavy atom. The van der Waals surface area contributed by atoms with Crippen LogP contribution in [0.15, 0.2) is 60.7 Å². The van der Waals surface area contributed by atoms with Gasteiger partial charge in [0.15, 0.2) is 0 Å². The summed E-state index contributed by atoms with van der Waals surface area (Å²) in [7, 11) is 3.26. The number of pyridine rings is 1. The van der Waals surface area contributed by atoms with Gasteiger partial charge in [-0.05, 0) is 74.2 Å². The summed E-state index contributed by atoms with van der Waals surface area (Å²) in [6, 6.07) is 18.8. The highest BCUT2D eigenvalue weighted by molar-refractivity contribution is 5.96. The van der Waals surface area contributed by atoms with E-state index in [0.29, 0.717) is 37.2 Å². The summed E-state index contributed by atoms with van der Waals surface area (Å²) in [5.74, 6) is 1.57. The maximum absolute atomic E-state index is 13.1. The van der Waals surface area contributed by atoms with Crippen LogP contribution in [0.2, 0.25) is 0 Å². The third-order valence-electron chi connectivity index (χ3n) is 6.69. The lowest BCUT2D eigenvalue weighted by atomic mass is 9.89. The number of piperidine rings is 1. The SMILES string of the molecule is COc1ccc(C(=O)N2CCC(c3nc(C)ccc3C(=O)NCCc3ccccc3OC)CC2)cc1. The number of hydrogen-bond acceptors (Lipinski definition) is 5. The summed E-state index contributed by atoms with van der Waals surface area (Å²) in [5, 5.41) is 3.05. The maximum Gasteiger partial charge on any atom is 0.253 e. The van der Waals surface area contributed by atoms with Gasteiger partial charge in [-0.2, -0.15) is 0 Å². The molecule has 4 rings (SSSR count). The molecule has 7 nitrogen and oxygen atoms in total. The molecular formula is C29H33N3O4. The van der Waals surface area contributed by atoms with Crippen LogP contribution in [0.25, 0.3) is 0 Å². The number of hydrogen-bond donors (Lipinski definition) is 1. The van der Waals surface area contributed by atoms with Gasteiger partial charge in [0.2, 0.25) is 0 Å². The summed E-state index contributed by atoms with van der Waals surface area (Å²) in [5.41, 5.74) is 4.02. The second kappa shape index (κ2) is 11.7. The van der Waals surface area contributed by atoms with Gasteiger partial charge in [-0.25, -0.2) is 0 Å². The Morgan fingerprint density at radius 2 is 1.69 bits per heavy atom. The van der Waals surface area contributed by atoms with Crippen molar-refractivity contribution in [1.82, 2.24) is 15.2 Å². The second-order valence-corrected chi connectivity index (χ2v) is 9.00. The summed E-state index contributed by atoms with van der Waals surface area (Å²) in [6.07, 6.45) is 2.20. The van der Waals surface area contributed by atoms with Crippen LogP contribution in [0.1, 0.15) is 56.4 Å². The van der Waals surface area contributed by atoms with E-state index in [2.05, 4.69) is 5.32 Å². The van der Waals surface area contributed by atoms with Crippen molar-refractivity contribution in [2.75, 3.05) is 33.9 Å². The molecule has 188 valence electrons. The molecule has 0 bridgehead atoms. The fourth-order valence-electron chi connectivity index (χ4n) is 4.67. The molecule has 0 unspecified atom stereocenters. The van der Waals surface area contributed by atoms with Crippen LogP contribution in [0.4, 0.5) is 0 Å². The number of carbonyl (C=O) groups is 2. The van der Waals surface area contributed by atoms with Crippen LogP contribution < -0.4 is 14.8 Å². The number of likely N-dealkylation sites (tertiary alicyclic amines) is 1. The largest absolute Gasteiger partial charge is 0.497 e. The Kier molecular flexibility index (Phi) is 8.21. The number of nitrogens with one attached hydrogen (secondary N) is 1. The van der Waals surface area contributed by atoms with Crippen molar-refractivity contribution in [2.45, 2.75) is 32.1 Å². The molecule has 2 amide bonds. The number of aromatic nitrogens is 1. The molecule has 1 aliphatic heterocycles. The predicted molar refractivity (Wildman–Crippen MR) is 139 cm³/mol. The highest BCUT2D eigenvalue weighted by Crippen LogP contribution is 2.30. The van der Waals surface area contributed by atoms with Crippen LogP contribution in [0.3, 0.4) is 0 Å². The van der Waals surface area contributed by atoms with Gasteiger partial charge in [-0.3, -0.25) is 14.6 Å². The molecule has 1 fully saturated rings. The van der Waals surface area contributed by atoms with Crippen molar-refractivity contribution >= 4 is 11.8 Å². The Morgan fingerprint density at radius 3 is 2.39 bits per heavy atom. The molecule has 0 atom stereocenters. The van der Waals surface area contributed by atoms with E-state index in [1.165, 1.54) is 0 Å². The first-order valence-electron chi connectivity index (χ1n) is 12.3. The van der Waals surface area contributed by atoms with Crippen LogP contribution in [-0.4, -0.2) is 55.6 Å². The van der Waals surface area contributed by atoms with Crippen molar-refractivity contribution in [1.29, 1.82) is 0 Å². The molecule has 2 aromatic carbocycles. The molecule has 1 N–H and O–H groups in total. The zero-order valence-corrected chi connectivity index (χ0v) is 21.1. The van der Waals surface area contributed by atoms with Gasteiger partial charge in [0.1, 0.15) is 11.5 Å². The van der Waals surface area contributed by atoms with E-state index in [9.17, 15) is 9.59 Å². The Balaban J connectivity index is 1.39. The topological polar surface area (TPSA) is 80.8 Å². The van der Waals surface area contributed by atoms with Crippen molar-refractivity contribution in [3.05, 3.63) is 88.7 Å². The lowest BCUT2D eigenvalue weighted by Crippen LogP contribution is -2.38. The van der Waals surface area contributed by atoms with Gasteiger partial charge in [0, 0.05) is 36.8 Å². The number of ether oxygens (including phenoxy) is 2. The Labute approximate surface area is 212 Å². The van der Waals surface area contributed by atoms with Gasteiger partial charge >= 0.3 is 0 Å². The summed E-state index contributed by atoms with van der Waals surface area (Å²) >= 11 is 0. The number of benzene rings is 2. The first-order chi connectivity index (χ1) is 17.5. The molecular weight excluding hydrogens is 454 g/mol. The molecule has 0 aliphatic carbocycles. The van der Waals surface area contributed by atoms with Gasteiger partial charge < -0.3 is 19.7 Å². The van der Waals surface area contributed by atoms with Crippen molar-refractivity contribution in [2.24, 2.45) is 0 Å². The molecule has 0 saturated carbocycles. The quantitative estimate of drug-likeness (QED) is 0.509. The van der Waals surface area contributed by atoms with Crippen molar-refractivity contribution in [3.8, 4) is 11.5 Å². The van der Waals surface area contributed by atoms with E-state index in [1.807, 2.05) is 48.2 Å². The van der Waals surface area contributed by atoms with E-state index in [0.717, 1.165) is 41.3 Å². The minimum Gasteiger partial charge on any atom is -0.497 e. The average molecular weight is 488 g/mol. The number of methoxy groups -OCH3 is 2. The highest BCUT2D eigenvalue weighted by atomic mass is 16.5. The van der Waals surface area contributed by atoms with Crippen LogP contribution in [0.5, 0.6) is 11.5 Å². The number of aryl methyl sites for hydroxylation is 1. The predicted octanol–water partition coefficient (Wildman–Crippen LogP) is 4.40. The Bertz CT molecular complexity index is 1200. The molecule has 2 heterocycles. The van der Waals surface area contributed by atoms with E-state index >= 15 is 0 Å².